The Labute approximate surface area is 215 Å². The average molecular weight is 383 g/mol. The Morgan fingerprint density at radius 3 is 2.12 bits per heavy atom. The van der Waals surface area contributed by atoms with E-state index in [1.165, 1.54) is 32.1 Å². The molecule has 138 valence electrons. The number of hydrogen-bond acceptors (Lipinski definition) is 3. The molecule has 1 N–H and O–H groups in total. The standard InChI is InChI=1S/C20H30O4.K.Li.2H/c1-3-4-5-6-7-8-12-15-20(2,17-13-10-9-11-14-17)24-19(23)16-18(21)22;;;;/h9-11,13-14H,3-8,12,15-16H2,1-2H3,(H,21,22);;;;/q;2*+1;2*-1. The number of carbonyl (C=O) groups excluding carboxylic acids is 1. The van der Waals surface area contributed by atoms with Crippen molar-refractivity contribution in [2.24, 2.45) is 0 Å². The van der Waals surface area contributed by atoms with Crippen LogP contribution in [0.5, 0.6) is 0 Å². The zero-order chi connectivity index (χ0) is 17.8. The molecule has 6 heteroatoms. The molecular weight excluding hydrogens is 350 g/mol. The van der Waals surface area contributed by atoms with Gasteiger partial charge in [0, 0.05) is 0 Å². The first-order valence-corrected chi connectivity index (χ1v) is 8.97. The Morgan fingerprint density at radius 1 is 1.04 bits per heavy atom. The van der Waals surface area contributed by atoms with Crippen LogP contribution in [0.4, 0.5) is 0 Å². The summed E-state index contributed by atoms with van der Waals surface area (Å²) in [5.41, 5.74) is 0.145. The summed E-state index contributed by atoms with van der Waals surface area (Å²) in [4.78, 5) is 22.6. The molecule has 4 nitrogen and oxygen atoms in total. The monoisotopic (exact) mass is 382 g/mol. The molecule has 1 aromatic rings. The van der Waals surface area contributed by atoms with Crippen molar-refractivity contribution in [2.75, 3.05) is 0 Å². The van der Waals surface area contributed by atoms with Gasteiger partial charge in [0.15, 0.2) is 0 Å². The van der Waals surface area contributed by atoms with E-state index in [9.17, 15) is 9.59 Å². The molecule has 1 unspecified atom stereocenters. The number of benzene rings is 1. The number of carbonyl (C=O) groups is 2. The first-order valence-electron chi connectivity index (χ1n) is 8.97. The van der Waals surface area contributed by atoms with E-state index in [1.807, 2.05) is 37.3 Å². The molecule has 0 saturated heterocycles. The van der Waals surface area contributed by atoms with Gasteiger partial charge in [0.2, 0.25) is 0 Å². The molecule has 1 atom stereocenters. The molecule has 1 aromatic carbocycles. The van der Waals surface area contributed by atoms with E-state index in [-0.39, 0.29) is 73.1 Å². The van der Waals surface area contributed by atoms with Gasteiger partial charge in [0.05, 0.1) is 0 Å². The van der Waals surface area contributed by atoms with Crippen molar-refractivity contribution in [3.05, 3.63) is 35.9 Å². The fraction of sp³-hybridized carbons (Fsp3) is 0.600. The number of aliphatic carboxylic acids is 1. The van der Waals surface area contributed by atoms with E-state index >= 15 is 0 Å². The largest absolute Gasteiger partial charge is 1.00 e. The summed E-state index contributed by atoms with van der Waals surface area (Å²) in [6.07, 6.45) is 8.40. The Morgan fingerprint density at radius 2 is 1.58 bits per heavy atom. The van der Waals surface area contributed by atoms with Gasteiger partial charge in [-0.15, -0.1) is 0 Å². The van der Waals surface area contributed by atoms with Crippen LogP contribution in [0.1, 0.15) is 80.1 Å². The second-order valence-electron chi connectivity index (χ2n) is 6.51. The molecular formula is C20H32KLiO4. The predicted molar refractivity (Wildman–Crippen MR) is 97.0 cm³/mol. The molecule has 0 aromatic heterocycles. The summed E-state index contributed by atoms with van der Waals surface area (Å²) < 4.78 is 5.56. The van der Waals surface area contributed by atoms with Gasteiger partial charge in [-0.2, -0.15) is 0 Å². The van der Waals surface area contributed by atoms with Crippen LogP contribution in [-0.4, -0.2) is 17.0 Å². The smallest absolute Gasteiger partial charge is 1.00 e. The summed E-state index contributed by atoms with van der Waals surface area (Å²) in [7, 11) is 0. The van der Waals surface area contributed by atoms with Crippen molar-refractivity contribution in [3.63, 3.8) is 0 Å². The number of rotatable bonds is 12. The maximum Gasteiger partial charge on any atom is 1.00 e. The van der Waals surface area contributed by atoms with Crippen molar-refractivity contribution in [3.8, 4) is 0 Å². The minimum absolute atomic E-state index is 0. The van der Waals surface area contributed by atoms with Crippen LogP contribution in [-0.2, 0) is 19.9 Å². The number of carboxylic acids is 1. The summed E-state index contributed by atoms with van der Waals surface area (Å²) >= 11 is 0. The minimum Gasteiger partial charge on any atom is -1.00 e. The fourth-order valence-corrected chi connectivity index (χ4v) is 2.88. The molecule has 0 aliphatic heterocycles. The van der Waals surface area contributed by atoms with E-state index in [2.05, 4.69) is 6.92 Å². The molecule has 0 spiro atoms. The van der Waals surface area contributed by atoms with E-state index in [0.717, 1.165) is 18.4 Å². The van der Waals surface area contributed by atoms with Gasteiger partial charge in [0.25, 0.3) is 0 Å². The maximum atomic E-state index is 11.8. The zero-order valence-electron chi connectivity index (χ0n) is 18.9. The van der Waals surface area contributed by atoms with E-state index in [1.54, 1.807) is 0 Å². The fourth-order valence-electron chi connectivity index (χ4n) is 2.88. The van der Waals surface area contributed by atoms with Crippen molar-refractivity contribution in [1.82, 2.24) is 0 Å². The number of hydrogen-bond donors (Lipinski definition) is 1. The van der Waals surface area contributed by atoms with Gasteiger partial charge in [0.1, 0.15) is 12.0 Å². The SMILES string of the molecule is CCCCCCCCCC(C)(OC(=O)CC(=O)O)c1ccccc1.[H-].[H-].[K+].[Li+]. The molecule has 0 radical (unpaired) electrons. The van der Waals surface area contributed by atoms with Crippen LogP contribution < -0.4 is 70.2 Å². The summed E-state index contributed by atoms with van der Waals surface area (Å²) in [5.74, 6) is -1.84. The predicted octanol–water partition coefficient (Wildman–Crippen LogP) is -0.707. The number of carboxylic acid groups (broad SMARTS) is 1. The number of unbranched alkanes of at least 4 members (excludes halogenated alkanes) is 6. The molecule has 0 aliphatic carbocycles. The molecule has 0 saturated carbocycles. The van der Waals surface area contributed by atoms with Gasteiger partial charge in [-0.3, -0.25) is 9.59 Å². The number of esters is 1. The van der Waals surface area contributed by atoms with Crippen LogP contribution in [0.25, 0.3) is 0 Å². The molecule has 0 aliphatic rings. The quantitative estimate of drug-likeness (QED) is 0.225. The second-order valence-corrected chi connectivity index (χ2v) is 6.51. The molecule has 0 amide bonds. The van der Waals surface area contributed by atoms with Crippen LogP contribution in [0, 0.1) is 0 Å². The van der Waals surface area contributed by atoms with Crippen LogP contribution in [0.15, 0.2) is 30.3 Å². The van der Waals surface area contributed by atoms with E-state index < -0.39 is 24.0 Å². The zero-order valence-corrected chi connectivity index (χ0v) is 20.0. The second kappa shape index (κ2) is 16.4. The third kappa shape index (κ3) is 12.0. The first kappa shape index (κ1) is 28.6. The molecule has 1 rings (SSSR count). The van der Waals surface area contributed by atoms with E-state index in [0.29, 0.717) is 6.42 Å². The van der Waals surface area contributed by atoms with Crippen LogP contribution in [0.2, 0.25) is 0 Å². The van der Waals surface area contributed by atoms with Gasteiger partial charge >= 0.3 is 82.2 Å². The van der Waals surface area contributed by atoms with Crippen molar-refractivity contribution in [1.29, 1.82) is 0 Å². The average Bonchev–Trinajstić information content (AvgIpc) is 2.54. The van der Waals surface area contributed by atoms with Crippen LogP contribution in [0.3, 0.4) is 0 Å². The van der Waals surface area contributed by atoms with E-state index in [4.69, 9.17) is 9.84 Å². The Balaban J connectivity index is -0.000000720. The third-order valence-corrected chi connectivity index (χ3v) is 4.28. The first-order chi connectivity index (χ1) is 11.5. The molecule has 0 bridgehead atoms. The van der Waals surface area contributed by atoms with Gasteiger partial charge in [-0.1, -0.05) is 75.8 Å². The molecule has 0 heterocycles. The Kier molecular flexibility index (Phi) is 18.0. The van der Waals surface area contributed by atoms with Crippen LogP contribution >= 0.6 is 0 Å². The maximum absolute atomic E-state index is 11.8. The van der Waals surface area contributed by atoms with Crippen molar-refractivity contribution < 1.29 is 92.5 Å². The minimum atomic E-state index is -1.16. The number of ether oxygens (including phenoxy) is 1. The van der Waals surface area contributed by atoms with Crippen molar-refractivity contribution in [2.45, 2.75) is 77.2 Å². The van der Waals surface area contributed by atoms with Crippen molar-refractivity contribution >= 4 is 11.9 Å². The normalized spacial score (nSPS) is 12.2. The van der Waals surface area contributed by atoms with Gasteiger partial charge in [-0.05, 0) is 25.3 Å². The molecule has 0 fully saturated rings. The topological polar surface area (TPSA) is 63.6 Å². The summed E-state index contributed by atoms with van der Waals surface area (Å²) in [6, 6.07) is 9.58. The Bertz CT molecular complexity index is 520. The third-order valence-electron chi connectivity index (χ3n) is 4.28. The molecule has 26 heavy (non-hydrogen) atoms. The summed E-state index contributed by atoms with van der Waals surface area (Å²) in [6.45, 7) is 4.08. The van der Waals surface area contributed by atoms with Gasteiger partial charge in [-0.25, -0.2) is 0 Å². The summed E-state index contributed by atoms with van der Waals surface area (Å²) in [5, 5.41) is 8.77. The van der Waals surface area contributed by atoms with Gasteiger partial charge < -0.3 is 12.7 Å². The Hall–Kier alpha value is 0.394.